The maximum absolute atomic E-state index is 12.5. The third-order valence-electron chi connectivity index (χ3n) is 5.14. The SMILES string of the molecule is CC.CC(=O)OCc1ccc(NC(=O)CNC(=O)C(NC(=O)CCOCCOCCC=O)C(C)C)cc1.CCCNC(N)=O. The molecule has 0 bridgehead atoms. The third-order valence-corrected chi connectivity index (χ3v) is 5.14. The Kier molecular flexibility index (Phi) is 26.6. The molecule has 44 heavy (non-hydrogen) atoms. The molecule has 1 unspecified atom stereocenters. The summed E-state index contributed by atoms with van der Waals surface area (Å²) in [5, 5.41) is 10.3. The Morgan fingerprint density at radius 1 is 0.909 bits per heavy atom. The lowest BCUT2D eigenvalue weighted by molar-refractivity contribution is -0.142. The molecular formula is C30H51N5O9. The minimum atomic E-state index is -0.803. The zero-order valence-electron chi connectivity index (χ0n) is 26.9. The number of esters is 1. The number of nitrogens with two attached hydrogens (primary N) is 1. The number of carbonyl (C=O) groups excluding carboxylic acids is 6. The Labute approximate surface area is 260 Å². The summed E-state index contributed by atoms with van der Waals surface area (Å²) >= 11 is 0. The quantitative estimate of drug-likeness (QED) is 0.0865. The highest BCUT2D eigenvalue weighted by atomic mass is 16.5. The van der Waals surface area contributed by atoms with Gasteiger partial charge in [-0.3, -0.25) is 19.2 Å². The minimum absolute atomic E-state index is 0.0682. The summed E-state index contributed by atoms with van der Waals surface area (Å²) < 4.78 is 15.4. The van der Waals surface area contributed by atoms with E-state index in [0.29, 0.717) is 38.5 Å². The predicted molar refractivity (Wildman–Crippen MR) is 166 cm³/mol. The lowest BCUT2D eigenvalue weighted by Crippen LogP contribution is -2.51. The van der Waals surface area contributed by atoms with Gasteiger partial charge in [-0.15, -0.1) is 0 Å². The number of benzene rings is 1. The normalized spacial score (nSPS) is 10.5. The van der Waals surface area contributed by atoms with Gasteiger partial charge in [0.1, 0.15) is 18.9 Å². The van der Waals surface area contributed by atoms with Crippen LogP contribution in [0, 0.1) is 5.92 Å². The van der Waals surface area contributed by atoms with Gasteiger partial charge in [0, 0.05) is 32.0 Å². The zero-order valence-corrected chi connectivity index (χ0v) is 26.9. The van der Waals surface area contributed by atoms with Gasteiger partial charge in [-0.1, -0.05) is 46.8 Å². The second-order valence-electron chi connectivity index (χ2n) is 9.25. The lowest BCUT2D eigenvalue weighted by Gasteiger charge is -2.21. The highest BCUT2D eigenvalue weighted by molar-refractivity contribution is 5.96. The van der Waals surface area contributed by atoms with Crippen LogP contribution in [-0.2, 0) is 44.8 Å². The number of amides is 5. The van der Waals surface area contributed by atoms with Gasteiger partial charge in [-0.05, 0) is 30.0 Å². The molecular weight excluding hydrogens is 574 g/mol. The number of anilines is 1. The van der Waals surface area contributed by atoms with Crippen molar-refractivity contribution in [3.8, 4) is 0 Å². The third kappa shape index (κ3) is 24.5. The van der Waals surface area contributed by atoms with Gasteiger partial charge in [0.05, 0.1) is 33.0 Å². The van der Waals surface area contributed by atoms with Crippen molar-refractivity contribution in [1.29, 1.82) is 0 Å². The lowest BCUT2D eigenvalue weighted by atomic mass is 10.0. The van der Waals surface area contributed by atoms with Crippen LogP contribution in [0.3, 0.4) is 0 Å². The van der Waals surface area contributed by atoms with Crippen molar-refractivity contribution in [3.05, 3.63) is 29.8 Å². The first-order valence-electron chi connectivity index (χ1n) is 14.7. The van der Waals surface area contributed by atoms with Crippen molar-refractivity contribution in [2.45, 2.75) is 73.5 Å². The molecule has 14 nitrogen and oxygen atoms in total. The minimum Gasteiger partial charge on any atom is -0.461 e. The first-order valence-corrected chi connectivity index (χ1v) is 14.7. The van der Waals surface area contributed by atoms with Crippen molar-refractivity contribution < 1.29 is 43.0 Å². The van der Waals surface area contributed by atoms with E-state index < -0.39 is 23.9 Å². The van der Waals surface area contributed by atoms with Crippen molar-refractivity contribution in [1.82, 2.24) is 16.0 Å². The van der Waals surface area contributed by atoms with Gasteiger partial charge in [-0.2, -0.15) is 0 Å². The molecule has 1 rings (SSSR count). The van der Waals surface area contributed by atoms with Gasteiger partial charge >= 0.3 is 12.0 Å². The van der Waals surface area contributed by atoms with Gasteiger partial charge in [0.25, 0.3) is 0 Å². The van der Waals surface area contributed by atoms with Crippen LogP contribution in [0.2, 0.25) is 0 Å². The molecule has 0 aromatic heterocycles. The highest BCUT2D eigenvalue weighted by Crippen LogP contribution is 2.10. The van der Waals surface area contributed by atoms with Crippen molar-refractivity contribution >= 4 is 41.7 Å². The van der Waals surface area contributed by atoms with E-state index in [2.05, 4.69) is 21.3 Å². The summed E-state index contributed by atoms with van der Waals surface area (Å²) in [6, 6.07) is 5.51. The maximum atomic E-state index is 12.5. The predicted octanol–water partition coefficient (Wildman–Crippen LogP) is 2.05. The van der Waals surface area contributed by atoms with Gasteiger partial charge in [0.2, 0.25) is 17.7 Å². The van der Waals surface area contributed by atoms with Crippen molar-refractivity contribution in [2.24, 2.45) is 11.7 Å². The van der Waals surface area contributed by atoms with Gasteiger partial charge < -0.3 is 46.0 Å². The molecule has 0 radical (unpaired) electrons. The number of ether oxygens (including phenoxy) is 3. The summed E-state index contributed by atoms with van der Waals surface area (Å²) in [7, 11) is 0. The number of hydrogen-bond acceptors (Lipinski definition) is 9. The topological polar surface area (TPSA) is 204 Å². The first kappa shape index (κ1) is 42.1. The van der Waals surface area contributed by atoms with E-state index in [-0.39, 0.29) is 44.0 Å². The van der Waals surface area contributed by atoms with Crippen molar-refractivity contribution in [3.63, 3.8) is 0 Å². The number of nitrogens with one attached hydrogen (secondary N) is 4. The summed E-state index contributed by atoms with van der Waals surface area (Å²) in [6.07, 6.45) is 2.10. The van der Waals surface area contributed by atoms with E-state index in [1.54, 1.807) is 38.1 Å². The number of hydrogen-bond donors (Lipinski definition) is 5. The van der Waals surface area contributed by atoms with Crippen LogP contribution in [0.1, 0.15) is 66.4 Å². The molecule has 0 saturated carbocycles. The van der Waals surface area contributed by atoms with E-state index >= 15 is 0 Å². The van der Waals surface area contributed by atoms with E-state index in [1.165, 1.54) is 6.92 Å². The molecule has 1 aromatic carbocycles. The van der Waals surface area contributed by atoms with Crippen LogP contribution in [0.25, 0.3) is 0 Å². The molecule has 0 fully saturated rings. The zero-order chi connectivity index (χ0) is 33.8. The molecule has 250 valence electrons. The monoisotopic (exact) mass is 625 g/mol. The Morgan fingerprint density at radius 2 is 1.52 bits per heavy atom. The average molecular weight is 626 g/mol. The molecule has 0 saturated heterocycles. The maximum Gasteiger partial charge on any atom is 0.312 e. The van der Waals surface area contributed by atoms with E-state index in [1.807, 2.05) is 20.8 Å². The standard InChI is InChI=1S/C24H35N3O8.C4H10N2O.C2H6/c1-17(2)23(27-21(30)9-12-34-14-13-33-11-4-10-28)24(32)25-15-22(31)26-20-7-5-19(6-8-20)16-35-18(3)29;1-2-3-6-4(5)7;1-2/h5-8,10,17,23H,4,9,11-16H2,1-3H3,(H,25,32)(H,26,31)(H,27,30);2-3H2,1H3,(H3,5,6,7);1-2H3. The number of carbonyl (C=O) groups is 6. The largest absolute Gasteiger partial charge is 0.461 e. The fourth-order valence-corrected chi connectivity index (χ4v) is 3.00. The number of primary amides is 1. The summed E-state index contributed by atoms with van der Waals surface area (Å²) in [6.45, 7) is 12.5. The second-order valence-corrected chi connectivity index (χ2v) is 9.25. The smallest absolute Gasteiger partial charge is 0.312 e. The Bertz CT molecular complexity index is 972. The first-order chi connectivity index (χ1) is 21.0. The fraction of sp³-hybridized carbons (Fsp3) is 0.600. The molecule has 0 aliphatic carbocycles. The van der Waals surface area contributed by atoms with Crippen molar-refractivity contribution in [2.75, 3.05) is 44.8 Å². The van der Waals surface area contributed by atoms with Crippen LogP contribution in [0.4, 0.5) is 10.5 Å². The van der Waals surface area contributed by atoms with Crippen LogP contribution in [0.15, 0.2) is 24.3 Å². The Balaban J connectivity index is 0. The van der Waals surface area contributed by atoms with Crippen LogP contribution < -0.4 is 27.0 Å². The Hall–Kier alpha value is -4.04. The van der Waals surface area contributed by atoms with E-state index in [4.69, 9.17) is 19.9 Å². The highest BCUT2D eigenvalue weighted by Gasteiger charge is 2.24. The fourth-order valence-electron chi connectivity index (χ4n) is 3.00. The number of urea groups is 1. The summed E-state index contributed by atoms with van der Waals surface area (Å²) in [5.41, 5.74) is 6.03. The Morgan fingerprint density at radius 3 is 2.02 bits per heavy atom. The molecule has 0 spiro atoms. The second kappa shape index (κ2) is 27.8. The van der Waals surface area contributed by atoms with Crippen LogP contribution >= 0.6 is 0 Å². The molecule has 0 aliphatic rings. The number of aldehydes is 1. The summed E-state index contributed by atoms with van der Waals surface area (Å²) in [4.78, 5) is 67.8. The van der Waals surface area contributed by atoms with E-state index in [9.17, 15) is 28.8 Å². The summed E-state index contributed by atoms with van der Waals surface area (Å²) in [5.74, 6) is -1.82. The molecule has 0 aliphatic heterocycles. The average Bonchev–Trinajstić information content (AvgIpc) is 2.99. The molecule has 1 atom stereocenters. The molecule has 14 heteroatoms. The van der Waals surface area contributed by atoms with Crippen LogP contribution in [-0.4, -0.2) is 81.6 Å². The molecule has 0 heterocycles. The van der Waals surface area contributed by atoms with E-state index in [0.717, 1.165) is 18.3 Å². The molecule has 5 amide bonds. The van der Waals surface area contributed by atoms with Gasteiger partial charge in [0.15, 0.2) is 0 Å². The molecule has 1 aromatic rings. The number of rotatable bonds is 19. The molecule has 6 N–H and O–H groups in total. The van der Waals surface area contributed by atoms with Crippen LogP contribution in [0.5, 0.6) is 0 Å². The van der Waals surface area contributed by atoms with Gasteiger partial charge in [-0.25, -0.2) is 4.79 Å².